The Morgan fingerprint density at radius 2 is 1.75 bits per heavy atom. The number of nitrogens with zero attached hydrogens (tertiary/aromatic N) is 2. The van der Waals surface area contributed by atoms with Gasteiger partial charge in [-0.3, -0.25) is 0 Å². The van der Waals surface area contributed by atoms with Gasteiger partial charge in [0.05, 0.1) is 0 Å². The lowest BCUT2D eigenvalue weighted by molar-refractivity contribution is 0.508. The van der Waals surface area contributed by atoms with Crippen LogP contribution in [-0.4, -0.2) is 30.1 Å². The lowest BCUT2D eigenvalue weighted by Gasteiger charge is -2.26. The molecule has 0 radical (unpaired) electrons. The summed E-state index contributed by atoms with van der Waals surface area (Å²) in [7, 11) is 2.05. The summed E-state index contributed by atoms with van der Waals surface area (Å²) in [6.45, 7) is 5.22. The number of benzene rings is 2. The van der Waals surface area contributed by atoms with Crippen LogP contribution in [0.25, 0.3) is 0 Å². The van der Waals surface area contributed by atoms with Crippen LogP contribution in [-0.2, 0) is 6.54 Å². The first-order valence-corrected chi connectivity index (χ1v) is 8.96. The molecule has 1 aliphatic heterocycles. The molecule has 2 aromatic rings. The fraction of sp³-hybridized carbons (Fsp3) is 0.350. The van der Waals surface area contributed by atoms with E-state index in [-0.39, 0.29) is 0 Å². The van der Waals surface area contributed by atoms with Crippen molar-refractivity contribution in [2.24, 2.45) is 0 Å². The highest BCUT2D eigenvalue weighted by Gasteiger charge is 2.16. The van der Waals surface area contributed by atoms with Crippen LogP contribution in [0.1, 0.15) is 24.0 Å². The van der Waals surface area contributed by atoms with Crippen molar-refractivity contribution in [2.45, 2.75) is 26.3 Å². The zero-order valence-corrected chi connectivity index (χ0v) is 15.3. The summed E-state index contributed by atoms with van der Waals surface area (Å²) in [5, 5.41) is 4.07. The van der Waals surface area contributed by atoms with Crippen LogP contribution in [0.3, 0.4) is 0 Å². The Bertz CT molecular complexity index is 690. The summed E-state index contributed by atoms with van der Waals surface area (Å²) in [6, 6.07) is 17.0. The van der Waals surface area contributed by atoms with Crippen molar-refractivity contribution in [1.29, 1.82) is 0 Å². The highest BCUT2D eigenvalue weighted by atomic mass is 32.1. The average Bonchev–Trinajstić information content (AvgIpc) is 3.11. The Kier molecular flexibility index (Phi) is 5.36. The summed E-state index contributed by atoms with van der Waals surface area (Å²) in [5.41, 5.74) is 4.96. The van der Waals surface area contributed by atoms with E-state index < -0.39 is 0 Å². The predicted molar refractivity (Wildman–Crippen MR) is 107 cm³/mol. The Morgan fingerprint density at radius 1 is 1.08 bits per heavy atom. The minimum absolute atomic E-state index is 0.745. The van der Waals surface area contributed by atoms with E-state index in [1.165, 1.54) is 29.7 Å². The Hall–Kier alpha value is -2.07. The van der Waals surface area contributed by atoms with Gasteiger partial charge in [0.25, 0.3) is 0 Å². The van der Waals surface area contributed by atoms with Crippen molar-refractivity contribution < 1.29 is 0 Å². The summed E-state index contributed by atoms with van der Waals surface area (Å²) in [5.74, 6) is 0. The fourth-order valence-corrected chi connectivity index (χ4v) is 3.28. The van der Waals surface area contributed by atoms with Crippen LogP contribution >= 0.6 is 12.2 Å². The normalized spacial score (nSPS) is 13.8. The molecule has 3 rings (SSSR count). The Balaban J connectivity index is 1.66. The van der Waals surface area contributed by atoms with Crippen molar-refractivity contribution in [1.82, 2.24) is 4.90 Å². The van der Waals surface area contributed by atoms with E-state index in [2.05, 4.69) is 70.6 Å². The molecule has 1 aliphatic rings. The van der Waals surface area contributed by atoms with E-state index in [0.29, 0.717) is 0 Å². The van der Waals surface area contributed by atoms with E-state index in [1.54, 1.807) is 0 Å². The van der Waals surface area contributed by atoms with Crippen LogP contribution in [0.15, 0.2) is 48.5 Å². The molecule has 0 spiro atoms. The van der Waals surface area contributed by atoms with Gasteiger partial charge in [-0.1, -0.05) is 35.9 Å². The number of rotatable bonds is 4. The molecule has 1 heterocycles. The molecule has 1 N–H and O–H groups in total. The van der Waals surface area contributed by atoms with E-state index in [9.17, 15) is 0 Å². The number of hydrogen-bond acceptors (Lipinski definition) is 2. The van der Waals surface area contributed by atoms with Crippen LogP contribution in [0.5, 0.6) is 0 Å². The smallest absolute Gasteiger partial charge is 0.173 e. The standard InChI is InChI=1S/C20H25N3S/c1-16-9-11-18(12-10-16)21-20(24)22(2)15-17-7-3-4-8-19(17)23-13-5-6-14-23/h3-4,7-12H,5-6,13-15H2,1-2H3,(H,21,24). The first kappa shape index (κ1) is 16.8. The zero-order chi connectivity index (χ0) is 16.9. The molecule has 2 aromatic carbocycles. The second-order valence-electron chi connectivity index (χ2n) is 6.48. The minimum Gasteiger partial charge on any atom is -0.371 e. The molecule has 0 aliphatic carbocycles. The molecule has 24 heavy (non-hydrogen) atoms. The number of para-hydroxylation sites is 1. The van der Waals surface area contributed by atoms with Gasteiger partial charge in [-0.15, -0.1) is 0 Å². The average molecular weight is 340 g/mol. The molecule has 0 unspecified atom stereocenters. The van der Waals surface area contributed by atoms with Gasteiger partial charge in [-0.25, -0.2) is 0 Å². The number of hydrogen-bond donors (Lipinski definition) is 1. The Morgan fingerprint density at radius 3 is 2.46 bits per heavy atom. The predicted octanol–water partition coefficient (Wildman–Crippen LogP) is 4.42. The summed E-state index contributed by atoms with van der Waals surface area (Å²) < 4.78 is 0. The van der Waals surface area contributed by atoms with E-state index in [1.807, 2.05) is 7.05 Å². The van der Waals surface area contributed by atoms with Crippen molar-refractivity contribution in [3.63, 3.8) is 0 Å². The third-order valence-corrected chi connectivity index (χ3v) is 4.91. The van der Waals surface area contributed by atoms with Gasteiger partial charge < -0.3 is 15.1 Å². The molecular weight excluding hydrogens is 314 g/mol. The maximum absolute atomic E-state index is 5.57. The van der Waals surface area contributed by atoms with Crippen molar-refractivity contribution in [3.8, 4) is 0 Å². The second-order valence-corrected chi connectivity index (χ2v) is 6.86. The van der Waals surface area contributed by atoms with Gasteiger partial charge in [-0.05, 0) is 55.7 Å². The van der Waals surface area contributed by atoms with Crippen molar-refractivity contribution in [2.75, 3.05) is 30.4 Å². The number of nitrogens with one attached hydrogen (secondary N) is 1. The highest BCUT2D eigenvalue weighted by Crippen LogP contribution is 2.25. The molecule has 3 nitrogen and oxygen atoms in total. The third kappa shape index (κ3) is 4.06. The van der Waals surface area contributed by atoms with Gasteiger partial charge in [0.15, 0.2) is 5.11 Å². The molecule has 0 saturated carbocycles. The largest absolute Gasteiger partial charge is 0.371 e. The number of thiocarbonyl (C=S) groups is 1. The fourth-order valence-electron chi connectivity index (χ4n) is 3.09. The molecule has 0 atom stereocenters. The number of anilines is 2. The lowest BCUT2D eigenvalue weighted by Crippen LogP contribution is -2.31. The molecule has 0 aromatic heterocycles. The topological polar surface area (TPSA) is 18.5 Å². The van der Waals surface area contributed by atoms with E-state index >= 15 is 0 Å². The van der Waals surface area contributed by atoms with Gasteiger partial charge in [0.1, 0.15) is 0 Å². The van der Waals surface area contributed by atoms with Gasteiger partial charge >= 0.3 is 0 Å². The Labute approximate surface area is 150 Å². The summed E-state index contributed by atoms with van der Waals surface area (Å²) in [6.07, 6.45) is 2.58. The summed E-state index contributed by atoms with van der Waals surface area (Å²) >= 11 is 5.57. The van der Waals surface area contributed by atoms with Gasteiger partial charge in [0.2, 0.25) is 0 Å². The SMILES string of the molecule is Cc1ccc(NC(=S)N(C)Cc2ccccc2N2CCCC2)cc1. The summed E-state index contributed by atoms with van der Waals surface area (Å²) in [4.78, 5) is 4.59. The lowest BCUT2D eigenvalue weighted by atomic mass is 10.1. The third-order valence-electron chi connectivity index (χ3n) is 4.50. The second kappa shape index (κ2) is 7.67. The first-order valence-electron chi connectivity index (χ1n) is 8.55. The van der Waals surface area contributed by atoms with Gasteiger partial charge in [-0.2, -0.15) is 0 Å². The molecule has 1 saturated heterocycles. The quantitative estimate of drug-likeness (QED) is 0.831. The van der Waals surface area contributed by atoms with Crippen LogP contribution in [0.2, 0.25) is 0 Å². The molecule has 126 valence electrons. The van der Waals surface area contributed by atoms with Crippen LogP contribution < -0.4 is 10.2 Å². The highest BCUT2D eigenvalue weighted by molar-refractivity contribution is 7.80. The van der Waals surface area contributed by atoms with Crippen LogP contribution in [0.4, 0.5) is 11.4 Å². The van der Waals surface area contributed by atoms with Gasteiger partial charge in [0, 0.05) is 38.1 Å². The molecule has 1 fully saturated rings. The molecule has 0 bridgehead atoms. The van der Waals surface area contributed by atoms with E-state index in [0.717, 1.165) is 30.4 Å². The zero-order valence-electron chi connectivity index (χ0n) is 14.5. The molecular formula is C20H25N3S. The van der Waals surface area contributed by atoms with Crippen molar-refractivity contribution >= 4 is 28.7 Å². The van der Waals surface area contributed by atoms with E-state index in [4.69, 9.17) is 12.2 Å². The van der Waals surface area contributed by atoms with Crippen molar-refractivity contribution in [3.05, 3.63) is 59.7 Å². The number of aryl methyl sites for hydroxylation is 1. The minimum atomic E-state index is 0.745. The first-order chi connectivity index (χ1) is 11.6. The maximum Gasteiger partial charge on any atom is 0.173 e. The molecule has 0 amide bonds. The maximum atomic E-state index is 5.57. The molecule has 4 heteroatoms. The monoisotopic (exact) mass is 339 g/mol. The van der Waals surface area contributed by atoms with Crippen LogP contribution in [0, 0.1) is 6.92 Å².